The zero-order valence-corrected chi connectivity index (χ0v) is 46.7. The van der Waals surface area contributed by atoms with E-state index in [1.54, 1.807) is 24.8 Å². The van der Waals surface area contributed by atoms with Crippen LogP contribution < -0.4 is 10.6 Å². The molecule has 0 radical (unpaired) electrons. The summed E-state index contributed by atoms with van der Waals surface area (Å²) in [7, 11) is -2.41. The molecule has 6 aromatic heterocycles. The van der Waals surface area contributed by atoms with Crippen molar-refractivity contribution in [1.82, 2.24) is 59.7 Å². The number of hydrogen-bond acceptors (Lipinski definition) is 10. The lowest BCUT2D eigenvalue weighted by molar-refractivity contribution is 0.0886. The molecule has 0 spiro atoms. The van der Waals surface area contributed by atoms with Crippen molar-refractivity contribution in [2.45, 2.75) is 111 Å². The second-order valence-corrected chi connectivity index (χ2v) is 33.4. The molecule has 0 fully saturated rings. The number of rotatable bonds is 18. The monoisotopic (exact) mass is 1060 g/mol. The Hall–Kier alpha value is -6.29. The maximum atomic E-state index is 13.2. The van der Waals surface area contributed by atoms with E-state index in [0.717, 1.165) is 39.5 Å². The molecule has 9 rings (SSSR count). The van der Waals surface area contributed by atoms with Gasteiger partial charge in [-0.3, -0.25) is 19.4 Å². The third-order valence-corrected chi connectivity index (χ3v) is 15.7. The van der Waals surface area contributed by atoms with Crippen molar-refractivity contribution in [3.05, 3.63) is 118 Å². The fourth-order valence-electron chi connectivity index (χ4n) is 8.02. The molecule has 3 N–H and O–H groups in total. The second-order valence-electron chi connectivity index (χ2n) is 21.2. The molecule has 9 aromatic rings. The van der Waals surface area contributed by atoms with Crippen LogP contribution in [0.25, 0.3) is 66.9 Å². The first-order chi connectivity index (χ1) is 34.7. The molecule has 20 heteroatoms. The number of nitrogens with zero attached hydrogens (tertiary/aromatic N) is 9. The number of carbonyl (C=O) groups is 2. The predicted molar refractivity (Wildman–Crippen MR) is 298 cm³/mol. The van der Waals surface area contributed by atoms with Gasteiger partial charge in [-0.05, 0) is 81.7 Å². The van der Waals surface area contributed by atoms with E-state index in [4.69, 9.17) is 52.7 Å². The lowest BCUT2D eigenvalue weighted by atomic mass is 10.1. The van der Waals surface area contributed by atoms with Crippen LogP contribution in [0.1, 0.15) is 54.0 Å². The van der Waals surface area contributed by atoms with E-state index in [0.29, 0.717) is 99.5 Å². The molecule has 0 aliphatic heterocycles. The number of nitrogens with one attached hydrogen (secondary N) is 3. The van der Waals surface area contributed by atoms with Crippen LogP contribution in [0, 0.1) is 0 Å². The first kappa shape index (κ1) is 53.0. The molecular weight excluding hydrogens is 996 g/mol. The van der Waals surface area contributed by atoms with Gasteiger partial charge in [0.05, 0.1) is 41.1 Å². The highest BCUT2D eigenvalue weighted by Crippen LogP contribution is 2.32. The Morgan fingerprint density at radius 1 is 0.671 bits per heavy atom. The fourth-order valence-corrected chi connectivity index (χ4v) is 9.88. The summed E-state index contributed by atoms with van der Waals surface area (Å²) in [6.07, 6.45) is 6.94. The van der Waals surface area contributed by atoms with Gasteiger partial charge in [0, 0.05) is 74.7 Å². The zero-order chi connectivity index (χ0) is 52.2. The van der Waals surface area contributed by atoms with Crippen molar-refractivity contribution in [1.29, 1.82) is 0 Å². The Balaban J connectivity index is 0.000000199. The first-order valence-corrected chi connectivity index (χ1v) is 32.7. The topological polar surface area (TPSA) is 185 Å². The number of amides is 2. The third-order valence-electron chi connectivity index (χ3n) is 11.8. The van der Waals surface area contributed by atoms with Crippen molar-refractivity contribution in [3.8, 4) is 22.8 Å². The summed E-state index contributed by atoms with van der Waals surface area (Å²) in [6, 6.07) is 23.5. The molecule has 0 atom stereocenters. The Morgan fingerprint density at radius 2 is 1.18 bits per heavy atom. The van der Waals surface area contributed by atoms with E-state index in [2.05, 4.69) is 77.2 Å². The van der Waals surface area contributed by atoms with Crippen molar-refractivity contribution < 1.29 is 19.1 Å². The highest BCUT2D eigenvalue weighted by atomic mass is 35.5. The van der Waals surface area contributed by atoms with Gasteiger partial charge in [-0.25, -0.2) is 19.9 Å². The summed E-state index contributed by atoms with van der Waals surface area (Å²) >= 11 is 12.5. The van der Waals surface area contributed by atoms with Gasteiger partial charge in [0.25, 0.3) is 11.8 Å². The minimum atomic E-state index is -1.22. The van der Waals surface area contributed by atoms with Crippen molar-refractivity contribution in [2.75, 3.05) is 13.2 Å². The number of hydrogen-bond donors (Lipinski definition) is 3. The van der Waals surface area contributed by atoms with Crippen LogP contribution in [0.15, 0.2) is 91.5 Å². The number of aromatic nitrogens is 10. The molecule has 0 bridgehead atoms. The summed E-state index contributed by atoms with van der Waals surface area (Å²) in [5.74, 6) is -0.389. The van der Waals surface area contributed by atoms with Crippen LogP contribution in [0.4, 0.5) is 0 Å². The minimum absolute atomic E-state index is 0.0000636. The highest BCUT2D eigenvalue weighted by Gasteiger charge is 2.24. The Labute approximate surface area is 437 Å². The van der Waals surface area contributed by atoms with Gasteiger partial charge < -0.3 is 29.2 Å². The maximum absolute atomic E-state index is 13.2. The molecule has 16 nitrogen and oxygen atoms in total. The van der Waals surface area contributed by atoms with Gasteiger partial charge in [0.2, 0.25) is 0 Å². The second kappa shape index (κ2) is 22.5. The third kappa shape index (κ3) is 13.1. The van der Waals surface area contributed by atoms with Crippen molar-refractivity contribution >= 4 is 95.3 Å². The fraction of sp³-hybridized carbons (Fsp3) is 0.358. The van der Waals surface area contributed by atoms with E-state index in [-0.39, 0.29) is 23.9 Å². The molecular formula is C53H64Cl2N12O4Si2. The lowest BCUT2D eigenvalue weighted by Crippen LogP contribution is -2.30. The standard InChI is InChI=1S/C30H35ClN6O2Si.C23H29ClN6O2Si/c1-20(2)33-30(38)24-18-36(19-39-13-14-40(3,4)5)29-28(24)34-25(16-32-29)27-23-12-11-22(31)15-26(23)37(35-27)17-21-9-7-6-8-10-21;1-14(2)26-23(31)17-12-30(13-32-8-9-33(3,4)5)22-21(17)27-19(11-25-22)20-16-7-6-15(24)10-18(16)28-29-20/h6-12,15-16,18,20H,13-14,17,19H2,1-5H3,(H,33,38);6-7,10-12,14H,8-9,13H2,1-5H3,(H,26,31)(H,28,29). The normalized spacial score (nSPS) is 12.1. The van der Waals surface area contributed by atoms with Crippen LogP contribution >= 0.6 is 23.2 Å². The minimum Gasteiger partial charge on any atom is -0.361 e. The Kier molecular flexibility index (Phi) is 16.3. The van der Waals surface area contributed by atoms with Gasteiger partial charge in [-0.1, -0.05) is 92.8 Å². The SMILES string of the molecule is CC(C)NC(=O)c1cn(COCC[Si](C)(C)C)c2ncc(-c3n[nH]c4cc(Cl)ccc34)nc12.CC(C)NC(=O)c1cn(COCC[Si](C)(C)C)c2ncc(-c3nn(Cc4ccccc4)c4cc(Cl)ccc34)nc12. The number of aromatic amines is 1. The highest BCUT2D eigenvalue weighted by molar-refractivity contribution is 6.76. The molecule has 0 aliphatic rings. The molecule has 0 unspecified atom stereocenters. The number of benzene rings is 3. The lowest BCUT2D eigenvalue weighted by Gasteiger charge is -2.15. The van der Waals surface area contributed by atoms with Gasteiger partial charge in [-0.15, -0.1) is 0 Å². The predicted octanol–water partition coefficient (Wildman–Crippen LogP) is 11.7. The van der Waals surface area contributed by atoms with E-state index < -0.39 is 16.1 Å². The Morgan fingerprint density at radius 3 is 1.70 bits per heavy atom. The molecule has 3 aromatic carbocycles. The number of fused-ring (bicyclic) bond motifs is 4. The van der Waals surface area contributed by atoms with Crippen LogP contribution in [0.2, 0.25) is 61.4 Å². The van der Waals surface area contributed by atoms with Gasteiger partial charge in [0.15, 0.2) is 11.3 Å². The number of H-pyrrole nitrogens is 1. The average molecular weight is 1060 g/mol. The van der Waals surface area contributed by atoms with Crippen LogP contribution in [0.3, 0.4) is 0 Å². The molecule has 6 heterocycles. The summed E-state index contributed by atoms with van der Waals surface area (Å²) in [6.45, 7) is 24.2. The van der Waals surface area contributed by atoms with Gasteiger partial charge >= 0.3 is 0 Å². The van der Waals surface area contributed by atoms with Crippen molar-refractivity contribution in [3.63, 3.8) is 0 Å². The first-order valence-electron chi connectivity index (χ1n) is 24.5. The van der Waals surface area contributed by atoms with E-state index in [1.807, 2.05) is 96.1 Å². The number of carbonyl (C=O) groups excluding carboxylic acids is 2. The van der Waals surface area contributed by atoms with E-state index >= 15 is 0 Å². The average Bonchev–Trinajstić information content (AvgIpc) is 4.10. The van der Waals surface area contributed by atoms with Crippen LogP contribution in [-0.4, -0.2) is 102 Å². The number of ether oxygens (including phenoxy) is 2. The van der Waals surface area contributed by atoms with Gasteiger partial charge in [-0.2, -0.15) is 10.2 Å². The van der Waals surface area contributed by atoms with E-state index in [1.165, 1.54) is 0 Å². The quantitative estimate of drug-likeness (QED) is 0.0552. The summed E-state index contributed by atoms with van der Waals surface area (Å²) < 4.78 is 17.5. The van der Waals surface area contributed by atoms with Crippen LogP contribution in [0.5, 0.6) is 0 Å². The zero-order valence-electron chi connectivity index (χ0n) is 43.2. The van der Waals surface area contributed by atoms with E-state index in [9.17, 15) is 9.59 Å². The molecule has 0 saturated carbocycles. The van der Waals surface area contributed by atoms with Crippen molar-refractivity contribution in [2.24, 2.45) is 0 Å². The maximum Gasteiger partial charge on any atom is 0.255 e. The largest absolute Gasteiger partial charge is 0.361 e. The summed E-state index contributed by atoms with van der Waals surface area (Å²) in [5, 5.41) is 21.3. The molecule has 382 valence electrons. The summed E-state index contributed by atoms with van der Waals surface area (Å²) in [4.78, 5) is 45.3. The molecule has 0 saturated heterocycles. The molecule has 73 heavy (non-hydrogen) atoms. The summed E-state index contributed by atoms with van der Waals surface area (Å²) in [5.41, 5.74) is 8.50. The molecule has 0 aliphatic carbocycles. The van der Waals surface area contributed by atoms with Gasteiger partial charge in [0.1, 0.15) is 47.3 Å². The molecule has 2 amide bonds. The Bertz CT molecular complexity index is 3410. The smallest absolute Gasteiger partial charge is 0.255 e. The van der Waals surface area contributed by atoms with Crippen LogP contribution in [-0.2, 0) is 29.5 Å². The number of halogens is 2.